The summed E-state index contributed by atoms with van der Waals surface area (Å²) in [5, 5.41) is 1.24. The third kappa shape index (κ3) is 1.01. The fourth-order valence-electron chi connectivity index (χ4n) is 0.810. The maximum absolute atomic E-state index is 4.04. The van der Waals surface area contributed by atoms with Gasteiger partial charge < -0.3 is 6.15 Å². The first kappa shape index (κ1) is 7.18. The van der Waals surface area contributed by atoms with Crippen molar-refractivity contribution in [2.45, 2.75) is 0 Å². The molecule has 2 nitrogen and oxygen atoms in total. The minimum absolute atomic E-state index is 0. The molecule has 10 heavy (non-hydrogen) atoms. The van der Waals surface area contributed by atoms with Crippen molar-refractivity contribution in [2.75, 3.05) is 0 Å². The van der Waals surface area contributed by atoms with Gasteiger partial charge in [-0.2, -0.15) is 4.37 Å². The fourth-order valence-corrected chi connectivity index (χ4v) is 1.46. The van der Waals surface area contributed by atoms with Gasteiger partial charge in [0.25, 0.3) is 0 Å². The topological polar surface area (TPSA) is 47.9 Å². The van der Waals surface area contributed by atoms with E-state index in [2.05, 4.69) is 16.5 Å². The number of nitrogens with zero attached hydrogens (tertiary/aromatic N) is 1. The molecule has 1 heterocycles. The maximum atomic E-state index is 4.04. The summed E-state index contributed by atoms with van der Waals surface area (Å²) in [4.78, 5) is 0. The summed E-state index contributed by atoms with van der Waals surface area (Å²) in [6, 6.07) is 8.20. The number of benzene rings is 1. The lowest BCUT2D eigenvalue weighted by atomic mass is 10.3. The highest BCUT2D eigenvalue weighted by atomic mass is 32.1. The van der Waals surface area contributed by atoms with Crippen molar-refractivity contribution < 1.29 is 0 Å². The second-order valence-electron chi connectivity index (χ2n) is 1.86. The summed E-state index contributed by atoms with van der Waals surface area (Å²) < 4.78 is 5.30. The highest BCUT2D eigenvalue weighted by Crippen LogP contribution is 2.15. The van der Waals surface area contributed by atoms with E-state index in [1.54, 1.807) is 0 Å². The first-order valence-electron chi connectivity index (χ1n) is 2.76. The molecule has 1 aromatic carbocycles. The Bertz CT molecular complexity index is 286. The number of fused-ring (bicyclic) bond motifs is 1. The Morgan fingerprint density at radius 2 is 2.00 bits per heavy atom. The number of rotatable bonds is 0. The van der Waals surface area contributed by atoms with E-state index in [0.29, 0.717) is 0 Å². The predicted molar refractivity (Wildman–Crippen MR) is 44.6 cm³/mol. The Labute approximate surface area is 63.2 Å². The number of aromatic nitrogens is 1. The molecule has 0 amide bonds. The molecule has 0 fully saturated rings. The monoisotopic (exact) mass is 152 g/mol. The summed E-state index contributed by atoms with van der Waals surface area (Å²) in [5.74, 6) is 0. The van der Waals surface area contributed by atoms with E-state index in [0.717, 1.165) is 0 Å². The quantitative estimate of drug-likeness (QED) is 0.630. The molecule has 0 radical (unpaired) electrons. The standard InChI is InChI=1S/C7H5NS.H3N/c1-2-4-7-6(3-1)5-8-9-7;/h1-5H;1H3. The van der Waals surface area contributed by atoms with Crippen LogP contribution in [0.5, 0.6) is 0 Å². The van der Waals surface area contributed by atoms with Crippen molar-refractivity contribution in [1.29, 1.82) is 0 Å². The molecule has 0 aliphatic rings. The van der Waals surface area contributed by atoms with Crippen molar-refractivity contribution in [3.63, 3.8) is 0 Å². The Morgan fingerprint density at radius 3 is 2.80 bits per heavy atom. The Hall–Kier alpha value is -0.930. The van der Waals surface area contributed by atoms with Crippen molar-refractivity contribution in [3.05, 3.63) is 30.5 Å². The van der Waals surface area contributed by atoms with Crippen LogP contribution in [0.2, 0.25) is 0 Å². The molecular formula is C7H8N2S. The smallest absolute Gasteiger partial charge is 0.0549 e. The molecule has 0 saturated heterocycles. The minimum Gasteiger partial charge on any atom is -0.344 e. The molecule has 0 bridgehead atoms. The van der Waals surface area contributed by atoms with E-state index >= 15 is 0 Å². The van der Waals surface area contributed by atoms with Crippen LogP contribution in [-0.2, 0) is 0 Å². The molecule has 0 saturated carbocycles. The Kier molecular flexibility index (Phi) is 1.99. The largest absolute Gasteiger partial charge is 0.344 e. The zero-order chi connectivity index (χ0) is 6.10. The Balaban J connectivity index is 0.000000500. The van der Waals surface area contributed by atoms with Crippen LogP contribution in [0.3, 0.4) is 0 Å². The molecule has 0 atom stereocenters. The van der Waals surface area contributed by atoms with Crippen LogP contribution in [0.15, 0.2) is 30.5 Å². The van der Waals surface area contributed by atoms with Gasteiger partial charge in [-0.3, -0.25) is 0 Å². The summed E-state index contributed by atoms with van der Waals surface area (Å²) in [6.45, 7) is 0. The summed E-state index contributed by atoms with van der Waals surface area (Å²) >= 11 is 1.54. The van der Waals surface area contributed by atoms with Gasteiger partial charge >= 0.3 is 0 Å². The van der Waals surface area contributed by atoms with Crippen LogP contribution < -0.4 is 6.15 Å². The first-order valence-corrected chi connectivity index (χ1v) is 3.53. The van der Waals surface area contributed by atoms with E-state index in [9.17, 15) is 0 Å². The van der Waals surface area contributed by atoms with Crippen LogP contribution >= 0.6 is 11.5 Å². The van der Waals surface area contributed by atoms with E-state index in [1.165, 1.54) is 21.6 Å². The van der Waals surface area contributed by atoms with E-state index in [1.807, 2.05) is 18.3 Å². The average molecular weight is 152 g/mol. The van der Waals surface area contributed by atoms with Gasteiger partial charge in [0, 0.05) is 11.6 Å². The van der Waals surface area contributed by atoms with Crippen LogP contribution in [0.1, 0.15) is 0 Å². The van der Waals surface area contributed by atoms with Crippen molar-refractivity contribution >= 4 is 21.6 Å². The molecule has 0 spiro atoms. The minimum atomic E-state index is 0. The van der Waals surface area contributed by atoms with E-state index < -0.39 is 0 Å². The molecule has 3 heteroatoms. The first-order chi connectivity index (χ1) is 4.47. The molecule has 1 aromatic heterocycles. The third-order valence-corrected chi connectivity index (χ3v) is 2.04. The summed E-state index contributed by atoms with van der Waals surface area (Å²) in [6.07, 6.45) is 1.89. The molecule has 2 rings (SSSR count). The number of hydrogen-bond donors (Lipinski definition) is 1. The maximum Gasteiger partial charge on any atom is 0.0549 e. The summed E-state index contributed by atoms with van der Waals surface area (Å²) in [7, 11) is 0. The second-order valence-corrected chi connectivity index (χ2v) is 2.70. The highest BCUT2D eigenvalue weighted by molar-refractivity contribution is 7.13. The van der Waals surface area contributed by atoms with Gasteiger partial charge in [-0.25, -0.2) is 0 Å². The van der Waals surface area contributed by atoms with Gasteiger partial charge in [-0.05, 0) is 17.6 Å². The van der Waals surface area contributed by atoms with Gasteiger partial charge in [0.05, 0.1) is 4.70 Å². The van der Waals surface area contributed by atoms with Gasteiger partial charge in [0.2, 0.25) is 0 Å². The van der Waals surface area contributed by atoms with E-state index in [-0.39, 0.29) is 6.15 Å². The normalized spacial score (nSPS) is 9.20. The van der Waals surface area contributed by atoms with Crippen LogP contribution in [-0.4, -0.2) is 4.37 Å². The number of hydrogen-bond acceptors (Lipinski definition) is 3. The van der Waals surface area contributed by atoms with Crippen molar-refractivity contribution in [2.24, 2.45) is 0 Å². The molecular weight excluding hydrogens is 144 g/mol. The molecule has 0 aliphatic carbocycles. The van der Waals surface area contributed by atoms with Crippen LogP contribution in [0, 0.1) is 0 Å². The molecule has 0 unspecified atom stereocenters. The molecule has 3 N–H and O–H groups in total. The van der Waals surface area contributed by atoms with Gasteiger partial charge in [0.15, 0.2) is 0 Å². The lowest BCUT2D eigenvalue weighted by Crippen LogP contribution is -1.56. The zero-order valence-electron chi connectivity index (χ0n) is 5.45. The van der Waals surface area contributed by atoms with Crippen LogP contribution in [0.4, 0.5) is 0 Å². The van der Waals surface area contributed by atoms with Crippen molar-refractivity contribution in [1.82, 2.24) is 10.5 Å². The molecule has 0 aliphatic heterocycles. The third-order valence-electron chi connectivity index (χ3n) is 1.26. The Morgan fingerprint density at radius 1 is 1.20 bits per heavy atom. The molecule has 2 aromatic rings. The van der Waals surface area contributed by atoms with Crippen LogP contribution in [0.25, 0.3) is 10.1 Å². The lowest BCUT2D eigenvalue weighted by molar-refractivity contribution is 1.61. The van der Waals surface area contributed by atoms with Gasteiger partial charge in [-0.15, -0.1) is 0 Å². The van der Waals surface area contributed by atoms with Gasteiger partial charge in [-0.1, -0.05) is 18.2 Å². The molecule has 52 valence electrons. The van der Waals surface area contributed by atoms with E-state index in [4.69, 9.17) is 0 Å². The predicted octanol–water partition coefficient (Wildman–Crippen LogP) is 2.46. The average Bonchev–Trinajstić information content (AvgIpc) is 2.33. The lowest BCUT2D eigenvalue weighted by Gasteiger charge is -1.80. The summed E-state index contributed by atoms with van der Waals surface area (Å²) in [5.41, 5.74) is 0. The second kappa shape index (κ2) is 2.77. The highest BCUT2D eigenvalue weighted by Gasteiger charge is 1.89. The zero-order valence-corrected chi connectivity index (χ0v) is 6.27. The SMILES string of the molecule is N.c1ccc2sncc2c1. The van der Waals surface area contributed by atoms with Gasteiger partial charge in [0.1, 0.15) is 0 Å². The van der Waals surface area contributed by atoms with Crippen molar-refractivity contribution in [3.8, 4) is 0 Å². The fraction of sp³-hybridized carbons (Fsp3) is 0.